The molecule has 1 N–H and O–H groups in total. The van der Waals surface area contributed by atoms with Crippen molar-refractivity contribution in [3.05, 3.63) is 29.8 Å². The number of para-hydroxylation sites is 1. The highest BCUT2D eigenvalue weighted by atomic mass is 19.3. The molecule has 1 aliphatic heterocycles. The van der Waals surface area contributed by atoms with E-state index in [1.54, 1.807) is 0 Å². The molecule has 1 aromatic rings. The van der Waals surface area contributed by atoms with Crippen LogP contribution in [0.3, 0.4) is 0 Å². The molecule has 0 fully saturated rings. The minimum absolute atomic E-state index is 0.169. The van der Waals surface area contributed by atoms with E-state index in [9.17, 15) is 8.78 Å². The van der Waals surface area contributed by atoms with Crippen LogP contribution in [0.4, 0.5) is 14.5 Å². The van der Waals surface area contributed by atoms with E-state index in [-0.39, 0.29) is 6.54 Å². The number of rotatable bonds is 5. The van der Waals surface area contributed by atoms with E-state index < -0.39 is 6.43 Å². The van der Waals surface area contributed by atoms with Gasteiger partial charge in [-0.25, -0.2) is 8.78 Å². The number of nitrogens with one attached hydrogen (secondary N) is 1. The van der Waals surface area contributed by atoms with Crippen molar-refractivity contribution in [1.29, 1.82) is 0 Å². The van der Waals surface area contributed by atoms with E-state index in [1.165, 1.54) is 0 Å². The summed E-state index contributed by atoms with van der Waals surface area (Å²) in [5, 5.41) is 3.53. The molecule has 0 spiro atoms. The number of alkyl halides is 2. The lowest BCUT2D eigenvalue weighted by Crippen LogP contribution is -2.29. The van der Waals surface area contributed by atoms with Crippen LogP contribution in [0.2, 0.25) is 0 Å². The van der Waals surface area contributed by atoms with Gasteiger partial charge in [-0.2, -0.15) is 0 Å². The predicted molar refractivity (Wildman–Crippen MR) is 74.9 cm³/mol. The van der Waals surface area contributed by atoms with Crippen molar-refractivity contribution in [3.8, 4) is 0 Å². The van der Waals surface area contributed by atoms with E-state index in [0.29, 0.717) is 12.6 Å². The van der Waals surface area contributed by atoms with Crippen LogP contribution in [0.25, 0.3) is 0 Å². The third kappa shape index (κ3) is 3.66. The zero-order chi connectivity index (χ0) is 13.7. The molecule has 1 atom stereocenters. The number of nitrogens with zero attached hydrogens (tertiary/aromatic N) is 1. The van der Waals surface area contributed by atoms with Crippen molar-refractivity contribution < 1.29 is 8.78 Å². The Morgan fingerprint density at radius 3 is 2.89 bits per heavy atom. The lowest BCUT2D eigenvalue weighted by atomic mass is 10.0. The van der Waals surface area contributed by atoms with Gasteiger partial charge in [0.25, 0.3) is 6.43 Å². The highest BCUT2D eigenvalue weighted by molar-refractivity contribution is 5.55. The van der Waals surface area contributed by atoms with E-state index in [4.69, 9.17) is 0 Å². The summed E-state index contributed by atoms with van der Waals surface area (Å²) in [7, 11) is 0. The number of fused-ring (bicyclic) bond motifs is 1. The Labute approximate surface area is 113 Å². The van der Waals surface area contributed by atoms with Crippen LogP contribution >= 0.6 is 0 Å². The minimum atomic E-state index is -2.28. The molecule has 1 unspecified atom stereocenters. The van der Waals surface area contributed by atoms with Crippen LogP contribution < -0.4 is 10.2 Å². The van der Waals surface area contributed by atoms with Gasteiger partial charge >= 0.3 is 0 Å². The van der Waals surface area contributed by atoms with Crippen LogP contribution in [-0.4, -0.2) is 26.1 Å². The highest BCUT2D eigenvalue weighted by Crippen LogP contribution is 2.33. The van der Waals surface area contributed by atoms with Crippen molar-refractivity contribution in [2.45, 2.75) is 38.7 Å². The molecule has 0 saturated heterocycles. The molecule has 0 aromatic heterocycles. The zero-order valence-electron chi connectivity index (χ0n) is 11.4. The molecule has 0 amide bonds. The van der Waals surface area contributed by atoms with Gasteiger partial charge in [0.1, 0.15) is 0 Å². The lowest BCUT2D eigenvalue weighted by Gasteiger charge is -2.25. The van der Waals surface area contributed by atoms with Crippen molar-refractivity contribution in [2.24, 2.45) is 0 Å². The molecule has 2 rings (SSSR count). The van der Waals surface area contributed by atoms with Gasteiger partial charge in [0.15, 0.2) is 0 Å². The van der Waals surface area contributed by atoms with Crippen molar-refractivity contribution in [2.75, 3.05) is 24.5 Å². The first-order valence-electron chi connectivity index (χ1n) is 7.07. The summed E-state index contributed by atoms with van der Waals surface area (Å²) in [6, 6.07) is 8.24. The summed E-state index contributed by atoms with van der Waals surface area (Å²) in [6.07, 6.45) is 0.757. The third-order valence-corrected chi connectivity index (χ3v) is 3.57. The van der Waals surface area contributed by atoms with Gasteiger partial charge < -0.3 is 10.2 Å². The Hall–Kier alpha value is -1.16. The molecule has 2 nitrogen and oxygen atoms in total. The summed E-state index contributed by atoms with van der Waals surface area (Å²) in [5.41, 5.74) is 2.13. The van der Waals surface area contributed by atoms with Crippen LogP contribution in [0.1, 0.15) is 37.8 Å². The van der Waals surface area contributed by atoms with Gasteiger partial charge in [0.2, 0.25) is 0 Å². The highest BCUT2D eigenvalue weighted by Gasteiger charge is 2.23. The summed E-state index contributed by atoms with van der Waals surface area (Å²) in [4.78, 5) is 1.83. The Morgan fingerprint density at radius 2 is 2.16 bits per heavy atom. The minimum Gasteiger partial charge on any atom is -0.366 e. The van der Waals surface area contributed by atoms with Crippen LogP contribution in [0, 0.1) is 0 Å². The maximum absolute atomic E-state index is 12.7. The van der Waals surface area contributed by atoms with Crippen molar-refractivity contribution >= 4 is 5.69 Å². The summed E-state index contributed by atoms with van der Waals surface area (Å²) < 4.78 is 25.4. The normalized spacial score (nSPS) is 19.4. The Morgan fingerprint density at radius 1 is 1.37 bits per heavy atom. The lowest BCUT2D eigenvalue weighted by molar-refractivity contribution is 0.155. The number of halogens is 2. The summed E-state index contributed by atoms with van der Waals surface area (Å²) in [5.74, 6) is 0. The van der Waals surface area contributed by atoms with E-state index in [2.05, 4.69) is 18.3 Å². The number of hydrogen-bond acceptors (Lipinski definition) is 2. The standard InChI is InChI=1S/C15H22F2N2/c1-2-9-18-13-7-5-10-19(11-15(16)17)14-8-4-3-6-12(13)14/h3-4,6,8,13,15,18H,2,5,7,9-11H2,1H3. The first-order chi connectivity index (χ1) is 9.22. The van der Waals surface area contributed by atoms with Gasteiger partial charge in [-0.05, 0) is 37.4 Å². The monoisotopic (exact) mass is 268 g/mol. The molecular weight excluding hydrogens is 246 g/mol. The Bertz CT molecular complexity index is 395. The van der Waals surface area contributed by atoms with E-state index in [1.807, 2.05) is 23.1 Å². The fourth-order valence-corrected chi connectivity index (χ4v) is 2.72. The molecule has 1 heterocycles. The largest absolute Gasteiger partial charge is 0.366 e. The average Bonchev–Trinajstić information content (AvgIpc) is 2.56. The van der Waals surface area contributed by atoms with E-state index >= 15 is 0 Å². The third-order valence-electron chi connectivity index (χ3n) is 3.57. The summed E-state index contributed by atoms with van der Waals surface area (Å²) in [6.45, 7) is 3.65. The molecule has 106 valence electrons. The summed E-state index contributed by atoms with van der Waals surface area (Å²) >= 11 is 0. The number of hydrogen-bond donors (Lipinski definition) is 1. The van der Waals surface area contributed by atoms with Crippen molar-refractivity contribution in [3.63, 3.8) is 0 Å². The quantitative estimate of drug-likeness (QED) is 0.878. The topological polar surface area (TPSA) is 15.3 Å². The SMILES string of the molecule is CCCNC1CCCN(CC(F)F)c2ccccc21. The fraction of sp³-hybridized carbons (Fsp3) is 0.600. The molecule has 0 saturated carbocycles. The fourth-order valence-electron chi connectivity index (χ4n) is 2.72. The number of benzene rings is 1. The molecule has 0 bridgehead atoms. The second kappa shape index (κ2) is 6.85. The first kappa shape index (κ1) is 14.3. The van der Waals surface area contributed by atoms with Gasteiger partial charge in [-0.15, -0.1) is 0 Å². The van der Waals surface area contributed by atoms with Crippen molar-refractivity contribution in [1.82, 2.24) is 5.32 Å². The molecule has 0 aliphatic carbocycles. The number of anilines is 1. The second-order valence-electron chi connectivity index (χ2n) is 5.04. The Balaban J connectivity index is 2.23. The predicted octanol–water partition coefficient (Wildman–Crippen LogP) is 3.59. The maximum atomic E-state index is 12.7. The molecule has 4 heteroatoms. The smallest absolute Gasteiger partial charge is 0.255 e. The first-order valence-corrected chi connectivity index (χ1v) is 7.07. The van der Waals surface area contributed by atoms with Gasteiger partial charge in [-0.1, -0.05) is 25.1 Å². The zero-order valence-corrected chi connectivity index (χ0v) is 11.4. The van der Waals surface area contributed by atoms with E-state index in [0.717, 1.165) is 37.1 Å². The Kier molecular flexibility index (Phi) is 5.14. The molecule has 1 aromatic carbocycles. The molecular formula is C15H22F2N2. The van der Waals surface area contributed by atoms with Gasteiger partial charge in [-0.3, -0.25) is 0 Å². The van der Waals surface area contributed by atoms with Crippen LogP contribution in [0.15, 0.2) is 24.3 Å². The second-order valence-corrected chi connectivity index (χ2v) is 5.04. The van der Waals surface area contributed by atoms with Crippen LogP contribution in [0.5, 0.6) is 0 Å². The molecule has 1 aliphatic rings. The van der Waals surface area contributed by atoms with Crippen LogP contribution in [-0.2, 0) is 0 Å². The maximum Gasteiger partial charge on any atom is 0.255 e. The van der Waals surface area contributed by atoms with Gasteiger partial charge in [0, 0.05) is 18.3 Å². The molecule has 19 heavy (non-hydrogen) atoms. The molecule has 0 radical (unpaired) electrons. The average molecular weight is 268 g/mol. The van der Waals surface area contributed by atoms with Gasteiger partial charge in [0.05, 0.1) is 6.54 Å².